The summed E-state index contributed by atoms with van der Waals surface area (Å²) >= 11 is 0. The maximum atomic E-state index is 12.8. The van der Waals surface area contributed by atoms with Crippen LogP contribution in [0.5, 0.6) is 5.75 Å². The van der Waals surface area contributed by atoms with Crippen LogP contribution in [0.25, 0.3) is 5.57 Å². The number of amides is 1. The summed E-state index contributed by atoms with van der Waals surface area (Å²) in [4.78, 5) is 19.5. The number of fused-ring (bicyclic) bond motifs is 5. The average Bonchev–Trinajstić information content (AvgIpc) is 3.00. The first kappa shape index (κ1) is 19.1. The van der Waals surface area contributed by atoms with Gasteiger partial charge in [-0.3, -0.25) is 9.78 Å². The molecule has 4 nitrogen and oxygen atoms in total. The van der Waals surface area contributed by atoms with Gasteiger partial charge in [0.15, 0.2) is 0 Å². The Bertz CT molecular complexity index is 849. The van der Waals surface area contributed by atoms with Gasteiger partial charge in [0.25, 0.3) is 0 Å². The zero-order valence-electron chi connectivity index (χ0n) is 18.1. The smallest absolute Gasteiger partial charge is 0.223 e. The van der Waals surface area contributed by atoms with E-state index in [-0.39, 0.29) is 11.0 Å². The molecule has 156 valence electrons. The maximum absolute atomic E-state index is 12.8. The van der Waals surface area contributed by atoms with Crippen LogP contribution in [0.1, 0.15) is 70.8 Å². The number of hydrogen-bond acceptors (Lipinski definition) is 3. The molecule has 0 spiro atoms. The monoisotopic (exact) mass is 394 g/mol. The molecular formula is C25H34N2O2. The molecule has 3 heterocycles. The van der Waals surface area contributed by atoms with E-state index < -0.39 is 0 Å². The lowest BCUT2D eigenvalue weighted by atomic mass is 9.52. The number of piperidine rings is 1. The molecule has 4 heteroatoms. The summed E-state index contributed by atoms with van der Waals surface area (Å²) in [5.41, 5.74) is 2.97. The third kappa shape index (κ3) is 2.78. The fourth-order valence-electron chi connectivity index (χ4n) is 7.51. The van der Waals surface area contributed by atoms with E-state index >= 15 is 0 Å². The van der Waals surface area contributed by atoms with Crippen LogP contribution in [0.4, 0.5) is 0 Å². The second kappa shape index (κ2) is 6.85. The SMILES string of the molecule is COc1cncc(C2=CC[C@H]3[C@@H]4CCN5C(=O)CCCC[C@]5(C)C4CC[C@]23C)c1. The molecule has 3 fully saturated rings. The van der Waals surface area contributed by atoms with Crippen molar-refractivity contribution in [2.24, 2.45) is 23.2 Å². The van der Waals surface area contributed by atoms with E-state index in [9.17, 15) is 4.79 Å². The molecule has 1 amide bonds. The third-order valence-corrected chi connectivity index (χ3v) is 9.00. The molecule has 0 radical (unpaired) electrons. The number of rotatable bonds is 2. The Morgan fingerprint density at radius 2 is 2.00 bits per heavy atom. The molecule has 29 heavy (non-hydrogen) atoms. The van der Waals surface area contributed by atoms with Gasteiger partial charge >= 0.3 is 0 Å². The van der Waals surface area contributed by atoms with Crippen LogP contribution in [0.2, 0.25) is 0 Å². The van der Waals surface area contributed by atoms with Crippen molar-refractivity contribution in [3.8, 4) is 5.75 Å². The van der Waals surface area contributed by atoms with Crippen LogP contribution in [-0.2, 0) is 4.79 Å². The summed E-state index contributed by atoms with van der Waals surface area (Å²) in [6, 6.07) is 2.15. The van der Waals surface area contributed by atoms with Crippen molar-refractivity contribution in [3.63, 3.8) is 0 Å². The summed E-state index contributed by atoms with van der Waals surface area (Å²) in [6.45, 7) is 5.85. The average molecular weight is 395 g/mol. The molecule has 2 aliphatic carbocycles. The van der Waals surface area contributed by atoms with Crippen LogP contribution in [0.3, 0.4) is 0 Å². The van der Waals surface area contributed by atoms with Gasteiger partial charge in [-0.05, 0) is 85.8 Å². The lowest BCUT2D eigenvalue weighted by Gasteiger charge is -2.59. The summed E-state index contributed by atoms with van der Waals surface area (Å²) in [5.74, 6) is 3.28. The molecule has 4 aliphatic rings. The van der Waals surface area contributed by atoms with Crippen molar-refractivity contribution in [3.05, 3.63) is 30.1 Å². The Hall–Kier alpha value is -1.84. The number of methoxy groups -OCH3 is 1. The number of nitrogens with zero attached hydrogens (tertiary/aromatic N) is 2. The Balaban J connectivity index is 1.45. The normalized spacial score (nSPS) is 39.1. The van der Waals surface area contributed by atoms with Gasteiger partial charge in [0.1, 0.15) is 5.75 Å². The van der Waals surface area contributed by atoms with Crippen LogP contribution in [-0.4, -0.2) is 35.0 Å². The summed E-state index contributed by atoms with van der Waals surface area (Å²) < 4.78 is 5.44. The molecule has 1 aromatic heterocycles. The minimum absolute atomic E-state index is 0.0676. The van der Waals surface area contributed by atoms with Gasteiger partial charge in [0.2, 0.25) is 5.91 Å². The molecule has 0 N–H and O–H groups in total. The van der Waals surface area contributed by atoms with Gasteiger partial charge in [0.05, 0.1) is 13.3 Å². The zero-order valence-corrected chi connectivity index (χ0v) is 18.1. The first-order chi connectivity index (χ1) is 14.0. The van der Waals surface area contributed by atoms with E-state index in [0.717, 1.165) is 31.6 Å². The number of pyridine rings is 1. The molecule has 2 saturated heterocycles. The van der Waals surface area contributed by atoms with Crippen molar-refractivity contribution in [1.29, 1.82) is 0 Å². The van der Waals surface area contributed by atoms with Crippen molar-refractivity contribution >= 4 is 11.5 Å². The minimum Gasteiger partial charge on any atom is -0.495 e. The van der Waals surface area contributed by atoms with E-state index in [4.69, 9.17) is 4.74 Å². The lowest BCUT2D eigenvalue weighted by Crippen LogP contribution is -2.62. The van der Waals surface area contributed by atoms with Gasteiger partial charge in [-0.1, -0.05) is 19.4 Å². The van der Waals surface area contributed by atoms with Gasteiger partial charge in [0, 0.05) is 24.7 Å². The highest BCUT2D eigenvalue weighted by atomic mass is 16.5. The Kier molecular flexibility index (Phi) is 4.52. The zero-order chi connectivity index (χ0) is 20.2. The van der Waals surface area contributed by atoms with Crippen molar-refractivity contribution in [2.75, 3.05) is 13.7 Å². The minimum atomic E-state index is 0.0676. The number of carbonyl (C=O) groups is 1. The van der Waals surface area contributed by atoms with Gasteiger partial charge < -0.3 is 9.64 Å². The number of aromatic nitrogens is 1. The topological polar surface area (TPSA) is 42.4 Å². The summed E-state index contributed by atoms with van der Waals surface area (Å²) in [6.07, 6.45) is 15.2. The number of ether oxygens (including phenoxy) is 1. The van der Waals surface area contributed by atoms with E-state index in [2.05, 4.69) is 35.9 Å². The Morgan fingerprint density at radius 1 is 1.14 bits per heavy atom. The van der Waals surface area contributed by atoms with Gasteiger partial charge in [-0.25, -0.2) is 0 Å². The number of hydrogen-bond donors (Lipinski definition) is 0. The highest BCUT2D eigenvalue weighted by Crippen LogP contribution is 2.63. The van der Waals surface area contributed by atoms with Crippen molar-refractivity contribution in [1.82, 2.24) is 9.88 Å². The Labute approximate surface area is 174 Å². The van der Waals surface area contributed by atoms with Crippen LogP contribution < -0.4 is 4.74 Å². The van der Waals surface area contributed by atoms with E-state index in [1.54, 1.807) is 13.3 Å². The fourth-order valence-corrected chi connectivity index (χ4v) is 7.51. The van der Waals surface area contributed by atoms with E-state index in [0.29, 0.717) is 23.7 Å². The van der Waals surface area contributed by atoms with Crippen LogP contribution >= 0.6 is 0 Å². The molecule has 2 aliphatic heterocycles. The van der Waals surface area contributed by atoms with E-state index in [1.807, 2.05) is 6.20 Å². The van der Waals surface area contributed by atoms with Gasteiger partial charge in [-0.2, -0.15) is 0 Å². The lowest BCUT2D eigenvalue weighted by molar-refractivity contribution is -0.150. The molecule has 0 bridgehead atoms. The second-order valence-corrected chi connectivity index (χ2v) is 10.2. The molecule has 5 rings (SSSR count). The predicted octanol–water partition coefficient (Wildman–Crippen LogP) is 5.09. The van der Waals surface area contributed by atoms with Crippen LogP contribution in [0, 0.1) is 23.2 Å². The summed E-state index contributed by atoms with van der Waals surface area (Å²) in [7, 11) is 1.71. The third-order valence-electron chi connectivity index (χ3n) is 9.00. The van der Waals surface area contributed by atoms with Crippen LogP contribution in [0.15, 0.2) is 24.5 Å². The highest BCUT2D eigenvalue weighted by Gasteiger charge is 2.58. The van der Waals surface area contributed by atoms with E-state index in [1.165, 1.54) is 43.2 Å². The van der Waals surface area contributed by atoms with Gasteiger partial charge in [-0.15, -0.1) is 0 Å². The number of carbonyl (C=O) groups excluding carboxylic acids is 1. The highest BCUT2D eigenvalue weighted by molar-refractivity contribution is 5.78. The predicted molar refractivity (Wildman–Crippen MR) is 114 cm³/mol. The Morgan fingerprint density at radius 3 is 2.83 bits per heavy atom. The molecule has 1 saturated carbocycles. The fraction of sp³-hybridized carbons (Fsp3) is 0.680. The molecule has 1 unspecified atom stereocenters. The maximum Gasteiger partial charge on any atom is 0.223 e. The first-order valence-electron chi connectivity index (χ1n) is 11.5. The molecular weight excluding hydrogens is 360 g/mol. The van der Waals surface area contributed by atoms with Crippen molar-refractivity contribution < 1.29 is 9.53 Å². The molecule has 0 aromatic carbocycles. The molecule has 1 aromatic rings. The largest absolute Gasteiger partial charge is 0.495 e. The number of allylic oxidation sites excluding steroid dienone is 2. The quantitative estimate of drug-likeness (QED) is 0.701. The first-order valence-corrected chi connectivity index (χ1v) is 11.5. The second-order valence-electron chi connectivity index (χ2n) is 10.2. The van der Waals surface area contributed by atoms with Crippen molar-refractivity contribution in [2.45, 2.75) is 70.8 Å². The summed E-state index contributed by atoms with van der Waals surface area (Å²) in [5, 5.41) is 0. The standard InChI is InChI=1S/C25H34N2O2/c1-24-12-9-22-19(10-13-27-23(28)6-4-5-11-25(22,27)2)21(24)8-7-20(24)17-14-18(29-3)16-26-15-17/h7,14-16,19,21-22H,4-6,8-13H2,1-3H3/t19-,21-,22?,24+,25+/m0/s1. The molecule has 5 atom stereocenters.